The van der Waals surface area contributed by atoms with Crippen LogP contribution in [-0.2, 0) is 14.8 Å². The quantitative estimate of drug-likeness (QED) is 0.777. The molecule has 1 N–H and O–H groups in total. The highest BCUT2D eigenvalue weighted by molar-refractivity contribution is 7.92. The number of hydrogen-bond acceptors (Lipinski definition) is 4. The second-order valence-corrected chi connectivity index (χ2v) is 8.06. The van der Waals surface area contributed by atoms with Crippen molar-refractivity contribution in [3.05, 3.63) is 53.1 Å². The molecule has 140 valence electrons. The summed E-state index contributed by atoms with van der Waals surface area (Å²) in [6.07, 6.45) is 1.11. The molecule has 0 atom stereocenters. The summed E-state index contributed by atoms with van der Waals surface area (Å²) in [7, 11) is -2.00. The van der Waals surface area contributed by atoms with E-state index < -0.39 is 10.0 Å². The molecule has 0 heterocycles. The summed E-state index contributed by atoms with van der Waals surface area (Å²) >= 11 is 6.04. The number of anilines is 2. The molecule has 8 heteroatoms. The first-order valence-corrected chi connectivity index (χ1v) is 10.1. The van der Waals surface area contributed by atoms with Gasteiger partial charge in [-0.05, 0) is 48.9 Å². The number of sulfonamides is 1. The molecule has 1 amide bonds. The average Bonchev–Trinajstić information content (AvgIpc) is 2.58. The van der Waals surface area contributed by atoms with Gasteiger partial charge in [-0.1, -0.05) is 17.7 Å². The molecule has 0 fully saturated rings. The van der Waals surface area contributed by atoms with Gasteiger partial charge in [-0.2, -0.15) is 0 Å². The van der Waals surface area contributed by atoms with Crippen LogP contribution in [-0.4, -0.2) is 34.2 Å². The third-order valence-corrected chi connectivity index (χ3v) is 5.45. The third-order valence-electron chi connectivity index (χ3n) is 3.84. The van der Waals surface area contributed by atoms with Crippen molar-refractivity contribution in [3.8, 4) is 5.75 Å². The molecule has 0 bridgehead atoms. The van der Waals surface area contributed by atoms with Gasteiger partial charge in [0.25, 0.3) is 0 Å². The van der Waals surface area contributed by atoms with E-state index in [0.717, 1.165) is 11.8 Å². The Balaban J connectivity index is 2.09. The lowest BCUT2D eigenvalue weighted by atomic mass is 10.2. The van der Waals surface area contributed by atoms with Crippen molar-refractivity contribution in [3.63, 3.8) is 0 Å². The van der Waals surface area contributed by atoms with E-state index >= 15 is 0 Å². The number of hydrogen-bond donors (Lipinski definition) is 1. The Morgan fingerprint density at radius 3 is 2.42 bits per heavy atom. The number of rotatable bonds is 7. The SMILES string of the molecule is COc1ccc(N(CCC(=O)Nc2cccc(Cl)c2C)S(C)(=O)=O)cc1. The maximum Gasteiger partial charge on any atom is 0.232 e. The van der Waals surface area contributed by atoms with Crippen molar-refractivity contribution in [1.29, 1.82) is 0 Å². The molecule has 2 aromatic rings. The number of nitrogens with zero attached hydrogens (tertiary/aromatic N) is 1. The van der Waals surface area contributed by atoms with Crippen LogP contribution in [0.1, 0.15) is 12.0 Å². The Hall–Kier alpha value is -2.25. The van der Waals surface area contributed by atoms with E-state index in [0.29, 0.717) is 22.1 Å². The van der Waals surface area contributed by atoms with Gasteiger partial charge in [-0.15, -0.1) is 0 Å². The summed E-state index contributed by atoms with van der Waals surface area (Å²) in [5.74, 6) is 0.328. The van der Waals surface area contributed by atoms with E-state index in [2.05, 4.69) is 5.32 Å². The number of benzene rings is 2. The number of carbonyl (C=O) groups is 1. The summed E-state index contributed by atoms with van der Waals surface area (Å²) in [5, 5.41) is 3.32. The van der Waals surface area contributed by atoms with Crippen LogP contribution in [0, 0.1) is 6.92 Å². The predicted molar refractivity (Wildman–Crippen MR) is 105 cm³/mol. The van der Waals surface area contributed by atoms with Gasteiger partial charge in [0.2, 0.25) is 15.9 Å². The van der Waals surface area contributed by atoms with Crippen molar-refractivity contribution in [2.45, 2.75) is 13.3 Å². The first-order chi connectivity index (χ1) is 12.2. The number of carbonyl (C=O) groups excluding carboxylic acids is 1. The Kier molecular flexibility index (Phi) is 6.50. The third kappa shape index (κ3) is 5.12. The molecule has 0 spiro atoms. The maximum absolute atomic E-state index is 12.2. The van der Waals surface area contributed by atoms with Crippen LogP contribution in [0.3, 0.4) is 0 Å². The molecule has 0 aliphatic carbocycles. The highest BCUT2D eigenvalue weighted by Gasteiger charge is 2.19. The van der Waals surface area contributed by atoms with Gasteiger partial charge < -0.3 is 10.1 Å². The van der Waals surface area contributed by atoms with Crippen molar-refractivity contribution in [1.82, 2.24) is 0 Å². The summed E-state index contributed by atoms with van der Waals surface area (Å²) < 4.78 is 30.5. The van der Waals surface area contributed by atoms with E-state index in [4.69, 9.17) is 16.3 Å². The number of amides is 1. The Morgan fingerprint density at radius 1 is 1.19 bits per heavy atom. The number of halogens is 1. The fourth-order valence-corrected chi connectivity index (χ4v) is 3.50. The molecule has 2 rings (SSSR count). The van der Waals surface area contributed by atoms with Gasteiger partial charge >= 0.3 is 0 Å². The Morgan fingerprint density at radius 2 is 1.85 bits per heavy atom. The molecule has 0 aromatic heterocycles. The standard InChI is InChI=1S/C18H21ClN2O4S/c1-13-16(19)5-4-6-17(13)20-18(22)11-12-21(26(3,23)24)14-7-9-15(25-2)10-8-14/h4-10H,11-12H2,1-3H3,(H,20,22). The van der Waals surface area contributed by atoms with Crippen LogP contribution >= 0.6 is 11.6 Å². The van der Waals surface area contributed by atoms with Crippen LogP contribution in [0.2, 0.25) is 5.02 Å². The summed E-state index contributed by atoms with van der Waals surface area (Å²) in [6, 6.07) is 11.8. The number of methoxy groups -OCH3 is 1. The van der Waals surface area contributed by atoms with Crippen molar-refractivity contribution in [2.75, 3.05) is 29.5 Å². The molecular formula is C18H21ClN2O4S. The molecule has 0 saturated carbocycles. The highest BCUT2D eigenvalue weighted by atomic mass is 35.5. The molecular weight excluding hydrogens is 376 g/mol. The Bertz CT molecular complexity index is 883. The van der Waals surface area contributed by atoms with Crippen molar-refractivity contribution in [2.24, 2.45) is 0 Å². The van der Waals surface area contributed by atoms with E-state index in [1.807, 2.05) is 0 Å². The minimum Gasteiger partial charge on any atom is -0.497 e. The minimum absolute atomic E-state index is 0.00501. The van der Waals surface area contributed by atoms with Crippen LogP contribution < -0.4 is 14.4 Å². The first-order valence-electron chi connectivity index (χ1n) is 7.89. The number of ether oxygens (including phenoxy) is 1. The van der Waals surface area contributed by atoms with Gasteiger partial charge in [0, 0.05) is 23.7 Å². The number of nitrogens with one attached hydrogen (secondary N) is 1. The van der Waals surface area contributed by atoms with Gasteiger partial charge in [-0.3, -0.25) is 9.10 Å². The van der Waals surface area contributed by atoms with Gasteiger partial charge in [-0.25, -0.2) is 8.42 Å². The Labute approximate surface area is 158 Å². The largest absolute Gasteiger partial charge is 0.497 e. The first kappa shape index (κ1) is 20.1. The van der Waals surface area contributed by atoms with E-state index in [9.17, 15) is 13.2 Å². The minimum atomic E-state index is -3.53. The predicted octanol–water partition coefficient (Wildman–Crippen LogP) is 3.45. The zero-order chi connectivity index (χ0) is 19.3. The zero-order valence-electron chi connectivity index (χ0n) is 14.8. The zero-order valence-corrected chi connectivity index (χ0v) is 16.4. The molecule has 6 nitrogen and oxygen atoms in total. The molecule has 26 heavy (non-hydrogen) atoms. The monoisotopic (exact) mass is 396 g/mol. The fourth-order valence-electron chi connectivity index (χ4n) is 2.39. The maximum atomic E-state index is 12.2. The van der Waals surface area contributed by atoms with E-state index in [1.165, 1.54) is 11.4 Å². The normalized spacial score (nSPS) is 11.1. The second-order valence-electron chi connectivity index (χ2n) is 5.74. The molecule has 0 saturated heterocycles. The van der Waals surface area contributed by atoms with Crippen molar-refractivity contribution >= 4 is 38.9 Å². The lowest BCUT2D eigenvalue weighted by Crippen LogP contribution is -2.33. The summed E-state index contributed by atoms with van der Waals surface area (Å²) in [4.78, 5) is 12.2. The molecule has 2 aromatic carbocycles. The molecule has 0 aliphatic rings. The van der Waals surface area contributed by atoms with Crippen LogP contribution in [0.15, 0.2) is 42.5 Å². The second kappa shape index (κ2) is 8.42. The lowest BCUT2D eigenvalue weighted by molar-refractivity contribution is -0.116. The summed E-state index contributed by atoms with van der Waals surface area (Å²) in [5.41, 5.74) is 1.84. The van der Waals surface area contributed by atoms with E-state index in [1.54, 1.807) is 49.4 Å². The van der Waals surface area contributed by atoms with Gasteiger partial charge in [0.05, 0.1) is 19.1 Å². The van der Waals surface area contributed by atoms with Gasteiger partial charge in [0.15, 0.2) is 0 Å². The average molecular weight is 397 g/mol. The molecule has 0 radical (unpaired) electrons. The highest BCUT2D eigenvalue weighted by Crippen LogP contribution is 2.24. The smallest absolute Gasteiger partial charge is 0.232 e. The van der Waals surface area contributed by atoms with Crippen LogP contribution in [0.4, 0.5) is 11.4 Å². The van der Waals surface area contributed by atoms with Crippen LogP contribution in [0.5, 0.6) is 5.75 Å². The van der Waals surface area contributed by atoms with Crippen molar-refractivity contribution < 1.29 is 17.9 Å². The lowest BCUT2D eigenvalue weighted by Gasteiger charge is -2.22. The topological polar surface area (TPSA) is 75.7 Å². The van der Waals surface area contributed by atoms with E-state index in [-0.39, 0.29) is 18.9 Å². The summed E-state index contributed by atoms with van der Waals surface area (Å²) in [6.45, 7) is 1.83. The van der Waals surface area contributed by atoms with Gasteiger partial charge in [0.1, 0.15) is 5.75 Å². The molecule has 0 unspecified atom stereocenters. The fraction of sp³-hybridized carbons (Fsp3) is 0.278. The molecule has 0 aliphatic heterocycles. The van der Waals surface area contributed by atoms with Crippen LogP contribution in [0.25, 0.3) is 0 Å².